The molecule has 6 nitrogen and oxygen atoms in total. The average molecular weight is 341 g/mol. The number of piperidine rings is 1. The van der Waals surface area contributed by atoms with Crippen molar-refractivity contribution in [3.63, 3.8) is 0 Å². The summed E-state index contributed by atoms with van der Waals surface area (Å²) in [6, 6.07) is 5.23. The second-order valence-corrected chi connectivity index (χ2v) is 5.97. The second kappa shape index (κ2) is 8.06. The average Bonchev–Trinajstić information content (AvgIpc) is 2.55. The number of amides is 1. The van der Waals surface area contributed by atoms with Gasteiger partial charge in [-0.15, -0.1) is 0 Å². The van der Waals surface area contributed by atoms with E-state index in [0.717, 1.165) is 12.1 Å². The number of carbonyl (C=O) groups is 2. The van der Waals surface area contributed by atoms with E-state index in [1.165, 1.54) is 0 Å². The fourth-order valence-electron chi connectivity index (χ4n) is 2.69. The summed E-state index contributed by atoms with van der Waals surface area (Å²) in [4.78, 5) is 24.9. The zero-order valence-corrected chi connectivity index (χ0v) is 13.8. The zero-order chi connectivity index (χ0) is 16.8. The Labute approximate surface area is 140 Å². The number of rotatable bonds is 6. The summed E-state index contributed by atoms with van der Waals surface area (Å²) < 4.78 is 5.23. The number of methoxy groups -OCH3 is 1. The Balaban J connectivity index is 1.85. The molecule has 1 heterocycles. The Bertz CT molecular complexity index is 579. The second-order valence-electron chi connectivity index (χ2n) is 5.54. The first-order valence-corrected chi connectivity index (χ1v) is 7.97. The lowest BCUT2D eigenvalue weighted by Crippen LogP contribution is -2.42. The van der Waals surface area contributed by atoms with Gasteiger partial charge in [0.15, 0.2) is 0 Å². The van der Waals surface area contributed by atoms with Gasteiger partial charge in [-0.3, -0.25) is 9.59 Å². The number of ether oxygens (including phenoxy) is 1. The Morgan fingerprint density at radius 1 is 1.48 bits per heavy atom. The van der Waals surface area contributed by atoms with E-state index in [1.807, 2.05) is 0 Å². The number of anilines is 1. The SMILES string of the molecule is COc1ccc(Cl)cc1NCCC(=O)N1CCC[C@H](C(=O)O)C1. The molecule has 1 amide bonds. The Hall–Kier alpha value is -1.95. The van der Waals surface area contributed by atoms with Gasteiger partial charge < -0.3 is 20.1 Å². The minimum absolute atomic E-state index is 0.0376. The summed E-state index contributed by atoms with van der Waals surface area (Å²) in [7, 11) is 1.57. The lowest BCUT2D eigenvalue weighted by atomic mass is 9.98. The first-order chi connectivity index (χ1) is 11.0. The third-order valence-corrected chi connectivity index (χ3v) is 4.17. The van der Waals surface area contributed by atoms with Gasteiger partial charge in [-0.2, -0.15) is 0 Å². The minimum Gasteiger partial charge on any atom is -0.495 e. The van der Waals surface area contributed by atoms with E-state index in [1.54, 1.807) is 30.2 Å². The number of hydrogen-bond acceptors (Lipinski definition) is 4. The molecule has 0 radical (unpaired) electrons. The summed E-state index contributed by atoms with van der Waals surface area (Å²) in [5.41, 5.74) is 0.731. The minimum atomic E-state index is -0.829. The number of aliphatic carboxylic acids is 1. The number of halogens is 1. The highest BCUT2D eigenvalue weighted by atomic mass is 35.5. The number of benzene rings is 1. The topological polar surface area (TPSA) is 78.9 Å². The van der Waals surface area contributed by atoms with Gasteiger partial charge in [0.05, 0.1) is 18.7 Å². The monoisotopic (exact) mass is 340 g/mol. The van der Waals surface area contributed by atoms with Crippen LogP contribution in [0.2, 0.25) is 5.02 Å². The number of carboxylic acids is 1. The van der Waals surface area contributed by atoms with Crippen molar-refractivity contribution in [2.75, 3.05) is 32.1 Å². The molecule has 0 spiro atoms. The van der Waals surface area contributed by atoms with Gasteiger partial charge in [-0.1, -0.05) is 11.6 Å². The van der Waals surface area contributed by atoms with Crippen molar-refractivity contribution in [3.8, 4) is 5.75 Å². The first kappa shape index (κ1) is 17.4. The third kappa shape index (κ3) is 4.76. The largest absolute Gasteiger partial charge is 0.495 e. The molecule has 0 saturated carbocycles. The summed E-state index contributed by atoms with van der Waals surface area (Å²) in [5, 5.41) is 12.8. The van der Waals surface area contributed by atoms with Gasteiger partial charge in [0.25, 0.3) is 0 Å². The first-order valence-electron chi connectivity index (χ1n) is 7.59. The molecule has 23 heavy (non-hydrogen) atoms. The van der Waals surface area contributed by atoms with Crippen molar-refractivity contribution < 1.29 is 19.4 Å². The molecule has 1 fully saturated rings. The van der Waals surface area contributed by atoms with Gasteiger partial charge >= 0.3 is 5.97 Å². The number of nitrogens with zero attached hydrogens (tertiary/aromatic N) is 1. The van der Waals surface area contributed by atoms with Crippen molar-refractivity contribution in [1.29, 1.82) is 0 Å². The van der Waals surface area contributed by atoms with Crippen molar-refractivity contribution in [1.82, 2.24) is 4.90 Å². The molecule has 1 atom stereocenters. The molecule has 1 aliphatic heterocycles. The maximum absolute atomic E-state index is 12.2. The third-order valence-electron chi connectivity index (χ3n) is 3.94. The molecule has 126 valence electrons. The van der Waals surface area contributed by atoms with Gasteiger partial charge in [0, 0.05) is 31.1 Å². The van der Waals surface area contributed by atoms with E-state index in [4.69, 9.17) is 21.4 Å². The molecule has 2 N–H and O–H groups in total. The number of carboxylic acid groups (broad SMARTS) is 1. The Kier molecular flexibility index (Phi) is 6.10. The number of carbonyl (C=O) groups excluding carboxylic acids is 1. The molecule has 0 aromatic heterocycles. The summed E-state index contributed by atoms with van der Waals surface area (Å²) >= 11 is 5.96. The van der Waals surface area contributed by atoms with Crippen molar-refractivity contribution >= 4 is 29.2 Å². The van der Waals surface area contributed by atoms with Gasteiger partial charge in [-0.25, -0.2) is 0 Å². The fraction of sp³-hybridized carbons (Fsp3) is 0.500. The zero-order valence-electron chi connectivity index (χ0n) is 13.0. The molecule has 1 aliphatic rings. The highest BCUT2D eigenvalue weighted by Crippen LogP contribution is 2.27. The normalized spacial score (nSPS) is 17.7. The smallest absolute Gasteiger partial charge is 0.308 e. The van der Waals surface area contributed by atoms with Crippen LogP contribution in [-0.4, -0.2) is 48.6 Å². The molecule has 1 aromatic carbocycles. The molecular weight excluding hydrogens is 320 g/mol. The van der Waals surface area contributed by atoms with Crippen LogP contribution in [0.4, 0.5) is 5.69 Å². The number of nitrogens with one attached hydrogen (secondary N) is 1. The van der Waals surface area contributed by atoms with E-state index in [0.29, 0.717) is 43.2 Å². The van der Waals surface area contributed by atoms with Gasteiger partial charge in [0.2, 0.25) is 5.91 Å². The van der Waals surface area contributed by atoms with Crippen LogP contribution < -0.4 is 10.1 Å². The molecular formula is C16H21ClN2O4. The predicted molar refractivity (Wildman–Crippen MR) is 88.1 cm³/mol. The Morgan fingerprint density at radius 2 is 2.26 bits per heavy atom. The van der Waals surface area contributed by atoms with Crippen LogP contribution in [0.5, 0.6) is 5.75 Å². The van der Waals surface area contributed by atoms with Crippen LogP contribution in [0.1, 0.15) is 19.3 Å². The van der Waals surface area contributed by atoms with Crippen molar-refractivity contribution in [3.05, 3.63) is 23.2 Å². The van der Waals surface area contributed by atoms with Crippen LogP contribution in [0.15, 0.2) is 18.2 Å². The molecule has 0 bridgehead atoms. The lowest BCUT2D eigenvalue weighted by molar-refractivity contribution is -0.145. The quantitative estimate of drug-likeness (QED) is 0.831. The number of hydrogen-bond donors (Lipinski definition) is 2. The van der Waals surface area contributed by atoms with Crippen LogP contribution in [0.3, 0.4) is 0 Å². The van der Waals surface area contributed by atoms with Gasteiger partial charge in [0.1, 0.15) is 5.75 Å². The maximum Gasteiger partial charge on any atom is 0.308 e. The lowest BCUT2D eigenvalue weighted by Gasteiger charge is -2.30. The van der Waals surface area contributed by atoms with Crippen LogP contribution in [0.25, 0.3) is 0 Å². The maximum atomic E-state index is 12.2. The predicted octanol–water partition coefficient (Wildman–Crippen LogP) is 2.47. The highest BCUT2D eigenvalue weighted by Gasteiger charge is 2.27. The molecule has 2 rings (SSSR count). The summed E-state index contributed by atoms with van der Waals surface area (Å²) in [6.07, 6.45) is 1.66. The van der Waals surface area contributed by atoms with Gasteiger partial charge in [-0.05, 0) is 31.0 Å². The number of likely N-dealkylation sites (tertiary alicyclic amines) is 1. The van der Waals surface area contributed by atoms with E-state index in [2.05, 4.69) is 5.32 Å². The molecule has 1 saturated heterocycles. The molecule has 0 aliphatic carbocycles. The molecule has 1 aromatic rings. The fourth-order valence-corrected chi connectivity index (χ4v) is 2.86. The highest BCUT2D eigenvalue weighted by molar-refractivity contribution is 6.30. The van der Waals surface area contributed by atoms with Crippen LogP contribution in [0, 0.1) is 5.92 Å². The van der Waals surface area contributed by atoms with Crippen molar-refractivity contribution in [2.45, 2.75) is 19.3 Å². The summed E-state index contributed by atoms with van der Waals surface area (Å²) in [5.74, 6) is -0.659. The van der Waals surface area contributed by atoms with Crippen molar-refractivity contribution in [2.24, 2.45) is 5.92 Å². The van der Waals surface area contributed by atoms with E-state index in [9.17, 15) is 9.59 Å². The Morgan fingerprint density at radius 3 is 2.96 bits per heavy atom. The molecule has 7 heteroatoms. The van der Waals surface area contributed by atoms with E-state index in [-0.39, 0.29) is 5.91 Å². The standard InChI is InChI=1S/C16H21ClN2O4/c1-23-14-5-4-12(17)9-13(14)18-7-6-15(20)19-8-2-3-11(10-19)16(21)22/h4-5,9,11,18H,2-3,6-8,10H2,1H3,(H,21,22)/t11-/m0/s1. The van der Waals surface area contributed by atoms with E-state index < -0.39 is 11.9 Å². The van der Waals surface area contributed by atoms with E-state index >= 15 is 0 Å². The van der Waals surface area contributed by atoms with Crippen LogP contribution in [-0.2, 0) is 9.59 Å². The van der Waals surface area contributed by atoms with Crippen LogP contribution >= 0.6 is 11.6 Å². The summed E-state index contributed by atoms with van der Waals surface area (Å²) in [6.45, 7) is 1.36. The molecule has 0 unspecified atom stereocenters.